The van der Waals surface area contributed by atoms with Crippen LogP contribution in [0.2, 0.25) is 5.02 Å². The number of ether oxygens (including phenoxy) is 3. The number of nitrogens with zero attached hydrogens (tertiary/aromatic N) is 1. The predicted octanol–water partition coefficient (Wildman–Crippen LogP) is 3.03. The third kappa shape index (κ3) is 5.37. The van der Waals surface area contributed by atoms with Gasteiger partial charge in [0.1, 0.15) is 24.2 Å². The van der Waals surface area contributed by atoms with Gasteiger partial charge in [0.25, 0.3) is 5.91 Å². The molecule has 0 spiro atoms. The van der Waals surface area contributed by atoms with E-state index in [1.807, 2.05) is 30.3 Å². The lowest BCUT2D eigenvalue weighted by Gasteiger charge is -2.32. The van der Waals surface area contributed by atoms with E-state index in [4.69, 9.17) is 25.8 Å². The molecule has 6 heteroatoms. The largest absolute Gasteiger partial charge is 0.491 e. The van der Waals surface area contributed by atoms with Gasteiger partial charge in [-0.25, -0.2) is 0 Å². The highest BCUT2D eigenvalue weighted by Gasteiger charge is 2.25. The minimum atomic E-state index is -0.145. The van der Waals surface area contributed by atoms with Gasteiger partial charge in [-0.2, -0.15) is 0 Å². The first-order valence-corrected chi connectivity index (χ1v) is 8.54. The predicted molar refractivity (Wildman–Crippen MR) is 95.2 cm³/mol. The number of rotatable bonds is 6. The van der Waals surface area contributed by atoms with Crippen molar-refractivity contribution in [3.63, 3.8) is 0 Å². The summed E-state index contributed by atoms with van der Waals surface area (Å²) in [6, 6.07) is 16.5. The first-order chi connectivity index (χ1) is 12.2. The van der Waals surface area contributed by atoms with Gasteiger partial charge in [-0.1, -0.05) is 29.8 Å². The number of carbonyl (C=O) groups is 1. The van der Waals surface area contributed by atoms with E-state index in [1.165, 1.54) is 0 Å². The number of halogens is 1. The van der Waals surface area contributed by atoms with Crippen LogP contribution in [0.25, 0.3) is 0 Å². The van der Waals surface area contributed by atoms with E-state index in [2.05, 4.69) is 0 Å². The van der Waals surface area contributed by atoms with Crippen LogP contribution in [-0.2, 0) is 9.53 Å². The van der Waals surface area contributed by atoms with E-state index >= 15 is 0 Å². The number of hydrogen-bond acceptors (Lipinski definition) is 4. The fraction of sp³-hybridized carbons (Fsp3) is 0.316. The van der Waals surface area contributed by atoms with Crippen molar-refractivity contribution in [3.8, 4) is 11.5 Å². The lowest BCUT2D eigenvalue weighted by molar-refractivity contribution is -0.142. The SMILES string of the molecule is O=C(COc1ccc(Cl)cc1)N1CCOC(COc2ccccc2)C1. The number of amides is 1. The van der Waals surface area contributed by atoms with Gasteiger partial charge in [-0.3, -0.25) is 4.79 Å². The zero-order valence-corrected chi connectivity index (χ0v) is 14.5. The molecule has 25 heavy (non-hydrogen) atoms. The Balaban J connectivity index is 1.45. The number of morpholine rings is 1. The second kappa shape index (κ2) is 8.74. The highest BCUT2D eigenvalue weighted by atomic mass is 35.5. The fourth-order valence-corrected chi connectivity index (χ4v) is 2.65. The molecule has 1 heterocycles. The summed E-state index contributed by atoms with van der Waals surface area (Å²) in [5, 5.41) is 0.633. The number of para-hydroxylation sites is 1. The van der Waals surface area contributed by atoms with Crippen LogP contribution in [0, 0.1) is 0 Å². The Bertz CT molecular complexity index is 678. The minimum Gasteiger partial charge on any atom is -0.491 e. The van der Waals surface area contributed by atoms with Gasteiger partial charge in [-0.05, 0) is 36.4 Å². The summed E-state index contributed by atoms with van der Waals surface area (Å²) in [5.41, 5.74) is 0. The molecule has 0 radical (unpaired) electrons. The van der Waals surface area contributed by atoms with Gasteiger partial charge >= 0.3 is 0 Å². The first-order valence-electron chi connectivity index (χ1n) is 8.16. The molecule has 0 bridgehead atoms. The van der Waals surface area contributed by atoms with Crippen LogP contribution in [0.5, 0.6) is 11.5 Å². The molecule has 1 aliphatic rings. The highest BCUT2D eigenvalue weighted by molar-refractivity contribution is 6.30. The van der Waals surface area contributed by atoms with Gasteiger partial charge in [0.2, 0.25) is 0 Å². The Hall–Kier alpha value is -2.24. The quantitative estimate of drug-likeness (QED) is 0.793. The van der Waals surface area contributed by atoms with E-state index < -0.39 is 0 Å². The van der Waals surface area contributed by atoms with Crippen molar-refractivity contribution < 1.29 is 19.0 Å². The zero-order valence-electron chi connectivity index (χ0n) is 13.8. The summed E-state index contributed by atoms with van der Waals surface area (Å²) in [6.07, 6.45) is -0.145. The Kier molecular flexibility index (Phi) is 6.14. The summed E-state index contributed by atoms with van der Waals surface area (Å²) in [4.78, 5) is 14.1. The lowest BCUT2D eigenvalue weighted by Crippen LogP contribution is -2.49. The second-order valence-corrected chi connectivity index (χ2v) is 6.14. The van der Waals surface area contributed by atoms with Crippen LogP contribution in [0.4, 0.5) is 0 Å². The molecule has 1 unspecified atom stereocenters. The molecule has 0 saturated carbocycles. The van der Waals surface area contributed by atoms with Crippen LogP contribution in [0.1, 0.15) is 0 Å². The van der Waals surface area contributed by atoms with Gasteiger partial charge < -0.3 is 19.1 Å². The Morgan fingerprint density at radius 3 is 2.56 bits per heavy atom. The number of benzene rings is 2. The fourth-order valence-electron chi connectivity index (χ4n) is 2.52. The number of carbonyl (C=O) groups excluding carboxylic acids is 1. The summed E-state index contributed by atoms with van der Waals surface area (Å²) in [7, 11) is 0. The van der Waals surface area contributed by atoms with Crippen molar-refractivity contribution in [3.05, 3.63) is 59.6 Å². The summed E-state index contributed by atoms with van der Waals surface area (Å²) in [6.45, 7) is 1.95. The van der Waals surface area contributed by atoms with E-state index in [0.29, 0.717) is 37.1 Å². The summed E-state index contributed by atoms with van der Waals surface area (Å²) < 4.78 is 16.9. The van der Waals surface area contributed by atoms with Crippen LogP contribution in [0.15, 0.2) is 54.6 Å². The molecule has 0 aromatic heterocycles. The Morgan fingerprint density at radius 1 is 1.08 bits per heavy atom. The average molecular weight is 362 g/mol. The third-order valence-corrected chi connectivity index (χ3v) is 4.10. The maximum absolute atomic E-state index is 12.3. The van der Waals surface area contributed by atoms with Gasteiger partial charge in [0, 0.05) is 11.6 Å². The maximum atomic E-state index is 12.3. The van der Waals surface area contributed by atoms with Crippen molar-refractivity contribution in [2.75, 3.05) is 32.9 Å². The highest BCUT2D eigenvalue weighted by Crippen LogP contribution is 2.16. The summed E-state index contributed by atoms with van der Waals surface area (Å²) >= 11 is 5.83. The van der Waals surface area contributed by atoms with Crippen LogP contribution < -0.4 is 9.47 Å². The van der Waals surface area contributed by atoms with E-state index in [9.17, 15) is 4.79 Å². The monoisotopic (exact) mass is 361 g/mol. The van der Waals surface area contributed by atoms with Crippen LogP contribution in [-0.4, -0.2) is 49.8 Å². The molecule has 0 aliphatic carbocycles. The topological polar surface area (TPSA) is 48.0 Å². The van der Waals surface area contributed by atoms with Crippen molar-refractivity contribution >= 4 is 17.5 Å². The zero-order chi connectivity index (χ0) is 17.5. The minimum absolute atomic E-state index is 0.00606. The molecule has 1 saturated heterocycles. The van der Waals surface area contributed by atoms with E-state index in [-0.39, 0.29) is 18.6 Å². The van der Waals surface area contributed by atoms with Gasteiger partial charge in [-0.15, -0.1) is 0 Å². The molecular formula is C19H20ClNO4. The van der Waals surface area contributed by atoms with E-state index in [1.54, 1.807) is 29.2 Å². The molecule has 2 aromatic rings. The Morgan fingerprint density at radius 2 is 1.80 bits per heavy atom. The van der Waals surface area contributed by atoms with E-state index in [0.717, 1.165) is 5.75 Å². The van der Waals surface area contributed by atoms with Crippen molar-refractivity contribution in [2.45, 2.75) is 6.10 Å². The van der Waals surface area contributed by atoms with Gasteiger partial charge in [0.15, 0.2) is 6.61 Å². The lowest BCUT2D eigenvalue weighted by atomic mass is 10.2. The van der Waals surface area contributed by atoms with Crippen LogP contribution in [0.3, 0.4) is 0 Å². The molecule has 1 aliphatic heterocycles. The van der Waals surface area contributed by atoms with Gasteiger partial charge in [0.05, 0.1) is 13.2 Å². The third-order valence-electron chi connectivity index (χ3n) is 3.85. The summed E-state index contributed by atoms with van der Waals surface area (Å²) in [5.74, 6) is 1.35. The normalized spacial score (nSPS) is 17.2. The first kappa shape index (κ1) is 17.6. The molecule has 1 amide bonds. The molecule has 0 N–H and O–H groups in total. The van der Waals surface area contributed by atoms with Crippen molar-refractivity contribution in [2.24, 2.45) is 0 Å². The standard InChI is InChI=1S/C19H20ClNO4/c20-15-6-8-17(9-7-15)25-14-19(22)21-10-11-23-18(12-21)13-24-16-4-2-1-3-5-16/h1-9,18H,10-14H2. The number of hydrogen-bond donors (Lipinski definition) is 0. The molecule has 1 fully saturated rings. The average Bonchev–Trinajstić information content (AvgIpc) is 2.67. The smallest absolute Gasteiger partial charge is 0.260 e. The van der Waals surface area contributed by atoms with Crippen molar-refractivity contribution in [1.29, 1.82) is 0 Å². The molecule has 5 nitrogen and oxygen atoms in total. The van der Waals surface area contributed by atoms with Crippen LogP contribution >= 0.6 is 11.6 Å². The van der Waals surface area contributed by atoms with Crippen molar-refractivity contribution in [1.82, 2.24) is 4.90 Å². The molecular weight excluding hydrogens is 342 g/mol. The molecule has 3 rings (SSSR count). The Labute approximate surface area is 152 Å². The molecule has 132 valence electrons. The molecule has 2 aromatic carbocycles. The molecule has 1 atom stereocenters. The maximum Gasteiger partial charge on any atom is 0.260 e. The second-order valence-electron chi connectivity index (χ2n) is 5.70.